The van der Waals surface area contributed by atoms with Gasteiger partial charge < -0.3 is 5.11 Å². The molecule has 3 nitrogen and oxygen atoms in total. The van der Waals surface area contributed by atoms with Gasteiger partial charge in [0.05, 0.1) is 11.8 Å². The normalized spacial score (nSPS) is 12.7. The van der Waals surface area contributed by atoms with Crippen molar-refractivity contribution in [3.8, 4) is 0 Å². The number of aromatic nitrogens is 2. The molecular formula is C12H20N2O. The van der Waals surface area contributed by atoms with E-state index in [4.69, 9.17) is 0 Å². The fourth-order valence-electron chi connectivity index (χ4n) is 1.72. The molecule has 1 heterocycles. The monoisotopic (exact) mass is 208 g/mol. The van der Waals surface area contributed by atoms with E-state index in [0.717, 1.165) is 36.9 Å². The maximum atomic E-state index is 9.98. The molecular weight excluding hydrogens is 188 g/mol. The van der Waals surface area contributed by atoms with Crippen molar-refractivity contribution in [1.82, 2.24) is 9.78 Å². The summed E-state index contributed by atoms with van der Waals surface area (Å²) in [5, 5.41) is 14.3. The summed E-state index contributed by atoms with van der Waals surface area (Å²) < 4.78 is 1.77. The highest BCUT2D eigenvalue weighted by Crippen LogP contribution is 2.22. The lowest BCUT2D eigenvalue weighted by Crippen LogP contribution is -1.99. The van der Waals surface area contributed by atoms with E-state index >= 15 is 0 Å². The number of allylic oxidation sites excluding steroid dienone is 1. The number of rotatable bonds is 6. The van der Waals surface area contributed by atoms with Gasteiger partial charge in [-0.15, -0.1) is 6.58 Å². The maximum absolute atomic E-state index is 9.98. The van der Waals surface area contributed by atoms with Gasteiger partial charge in [0, 0.05) is 18.8 Å². The predicted octanol–water partition coefficient (Wildman–Crippen LogP) is 2.37. The van der Waals surface area contributed by atoms with Gasteiger partial charge in [0.1, 0.15) is 0 Å². The van der Waals surface area contributed by atoms with Crippen LogP contribution in [0.25, 0.3) is 0 Å². The first-order valence-electron chi connectivity index (χ1n) is 5.50. The Balaban J connectivity index is 2.63. The second-order valence-corrected chi connectivity index (χ2v) is 3.79. The van der Waals surface area contributed by atoms with Crippen LogP contribution in [-0.2, 0) is 13.5 Å². The molecule has 15 heavy (non-hydrogen) atoms. The van der Waals surface area contributed by atoms with E-state index in [0.29, 0.717) is 0 Å². The standard InChI is InChI=1S/C12H20N2O/c1-4-6-7-8-12(15)10-9-14(3)13-11(10)5-2/h4,9,12,15H,1,5-8H2,2-3H3. The van der Waals surface area contributed by atoms with Gasteiger partial charge in [-0.05, 0) is 25.7 Å². The van der Waals surface area contributed by atoms with Crippen molar-refractivity contribution in [2.24, 2.45) is 7.05 Å². The largest absolute Gasteiger partial charge is 0.388 e. The fourth-order valence-corrected chi connectivity index (χ4v) is 1.72. The van der Waals surface area contributed by atoms with Crippen LogP contribution in [0, 0.1) is 0 Å². The van der Waals surface area contributed by atoms with E-state index in [1.807, 2.05) is 19.3 Å². The van der Waals surface area contributed by atoms with Crippen LogP contribution in [0.4, 0.5) is 0 Å². The van der Waals surface area contributed by atoms with Crippen molar-refractivity contribution in [2.75, 3.05) is 0 Å². The van der Waals surface area contributed by atoms with E-state index in [1.165, 1.54) is 0 Å². The molecule has 1 unspecified atom stereocenters. The van der Waals surface area contributed by atoms with Crippen LogP contribution in [0.1, 0.15) is 43.5 Å². The number of hydrogen-bond donors (Lipinski definition) is 1. The first-order chi connectivity index (χ1) is 7.19. The van der Waals surface area contributed by atoms with Gasteiger partial charge in [-0.1, -0.05) is 13.0 Å². The summed E-state index contributed by atoms with van der Waals surface area (Å²) >= 11 is 0. The SMILES string of the molecule is C=CCCCC(O)c1cn(C)nc1CC. The lowest BCUT2D eigenvalue weighted by atomic mass is 10.0. The number of aliphatic hydroxyl groups is 1. The van der Waals surface area contributed by atoms with Gasteiger partial charge in [-0.3, -0.25) is 4.68 Å². The zero-order valence-electron chi connectivity index (χ0n) is 9.61. The van der Waals surface area contributed by atoms with Crippen molar-refractivity contribution in [3.05, 3.63) is 30.1 Å². The Kier molecular flexibility index (Phi) is 4.56. The lowest BCUT2D eigenvalue weighted by Gasteiger charge is -2.08. The van der Waals surface area contributed by atoms with Crippen LogP contribution in [0.3, 0.4) is 0 Å². The molecule has 0 spiro atoms. The van der Waals surface area contributed by atoms with E-state index in [9.17, 15) is 5.11 Å². The second kappa shape index (κ2) is 5.71. The number of unbranched alkanes of at least 4 members (excludes halogenated alkanes) is 1. The third-order valence-corrected chi connectivity index (χ3v) is 2.52. The second-order valence-electron chi connectivity index (χ2n) is 3.79. The molecule has 0 aromatic carbocycles. The Morgan fingerprint density at radius 2 is 2.40 bits per heavy atom. The van der Waals surface area contributed by atoms with Crippen LogP contribution in [0.2, 0.25) is 0 Å². The molecule has 1 N–H and O–H groups in total. The molecule has 0 radical (unpaired) electrons. The molecule has 1 atom stereocenters. The van der Waals surface area contributed by atoms with E-state index < -0.39 is 0 Å². The third-order valence-electron chi connectivity index (χ3n) is 2.52. The Bertz CT molecular complexity index is 317. The third kappa shape index (κ3) is 3.20. The average Bonchev–Trinajstić information content (AvgIpc) is 2.60. The summed E-state index contributed by atoms with van der Waals surface area (Å²) in [5.74, 6) is 0. The molecule has 1 aromatic rings. The van der Waals surface area contributed by atoms with Crippen molar-refractivity contribution in [1.29, 1.82) is 0 Å². The molecule has 84 valence electrons. The zero-order valence-corrected chi connectivity index (χ0v) is 9.61. The van der Waals surface area contributed by atoms with Crippen molar-refractivity contribution < 1.29 is 5.11 Å². The lowest BCUT2D eigenvalue weighted by molar-refractivity contribution is 0.164. The van der Waals surface area contributed by atoms with Gasteiger partial charge in [-0.2, -0.15) is 5.10 Å². The van der Waals surface area contributed by atoms with Gasteiger partial charge in [0.15, 0.2) is 0 Å². The van der Waals surface area contributed by atoms with Crippen LogP contribution >= 0.6 is 0 Å². The number of aryl methyl sites for hydroxylation is 2. The molecule has 0 aliphatic carbocycles. The summed E-state index contributed by atoms with van der Waals surface area (Å²) in [6.45, 7) is 5.73. The van der Waals surface area contributed by atoms with Crippen LogP contribution in [0.5, 0.6) is 0 Å². The topological polar surface area (TPSA) is 38.0 Å². The molecule has 1 rings (SSSR count). The zero-order chi connectivity index (χ0) is 11.3. The first kappa shape index (κ1) is 12.0. The Morgan fingerprint density at radius 1 is 1.67 bits per heavy atom. The van der Waals surface area contributed by atoms with Gasteiger partial charge >= 0.3 is 0 Å². The van der Waals surface area contributed by atoms with Crippen LogP contribution in [-0.4, -0.2) is 14.9 Å². The quantitative estimate of drug-likeness (QED) is 0.575. The molecule has 0 fully saturated rings. The minimum atomic E-state index is -0.381. The van der Waals surface area contributed by atoms with E-state index in [2.05, 4.69) is 18.6 Å². The Morgan fingerprint density at radius 3 is 3.00 bits per heavy atom. The van der Waals surface area contributed by atoms with Crippen LogP contribution < -0.4 is 0 Å². The molecule has 0 bridgehead atoms. The fraction of sp³-hybridized carbons (Fsp3) is 0.583. The molecule has 0 saturated heterocycles. The van der Waals surface area contributed by atoms with Gasteiger partial charge in [0.25, 0.3) is 0 Å². The maximum Gasteiger partial charge on any atom is 0.0823 e. The van der Waals surface area contributed by atoms with Gasteiger partial charge in [-0.25, -0.2) is 0 Å². The summed E-state index contributed by atoms with van der Waals surface area (Å²) in [6, 6.07) is 0. The molecule has 1 aromatic heterocycles. The first-order valence-corrected chi connectivity index (χ1v) is 5.50. The minimum Gasteiger partial charge on any atom is -0.388 e. The highest BCUT2D eigenvalue weighted by molar-refractivity contribution is 5.19. The van der Waals surface area contributed by atoms with Crippen molar-refractivity contribution in [2.45, 2.75) is 38.7 Å². The molecule has 0 aliphatic rings. The number of aliphatic hydroxyl groups excluding tert-OH is 1. The van der Waals surface area contributed by atoms with Crippen molar-refractivity contribution in [3.63, 3.8) is 0 Å². The molecule has 0 saturated carbocycles. The van der Waals surface area contributed by atoms with Crippen molar-refractivity contribution >= 4 is 0 Å². The molecule has 0 amide bonds. The molecule has 3 heteroatoms. The summed E-state index contributed by atoms with van der Waals surface area (Å²) in [5.41, 5.74) is 1.98. The molecule has 0 aliphatic heterocycles. The summed E-state index contributed by atoms with van der Waals surface area (Å²) in [7, 11) is 1.89. The van der Waals surface area contributed by atoms with Gasteiger partial charge in [0.2, 0.25) is 0 Å². The minimum absolute atomic E-state index is 0.381. The summed E-state index contributed by atoms with van der Waals surface area (Å²) in [6.07, 6.45) is 7.00. The average molecular weight is 208 g/mol. The number of nitrogens with zero attached hydrogens (tertiary/aromatic N) is 2. The highest BCUT2D eigenvalue weighted by atomic mass is 16.3. The summed E-state index contributed by atoms with van der Waals surface area (Å²) in [4.78, 5) is 0. The Hall–Kier alpha value is -1.09. The highest BCUT2D eigenvalue weighted by Gasteiger charge is 2.14. The predicted molar refractivity (Wildman–Crippen MR) is 61.6 cm³/mol. The van der Waals surface area contributed by atoms with E-state index in [-0.39, 0.29) is 6.10 Å². The van der Waals surface area contributed by atoms with Crippen LogP contribution in [0.15, 0.2) is 18.9 Å². The smallest absolute Gasteiger partial charge is 0.0823 e. The number of hydrogen-bond acceptors (Lipinski definition) is 2. The Labute approximate surface area is 91.4 Å². The van der Waals surface area contributed by atoms with E-state index in [1.54, 1.807) is 4.68 Å².